The standard InChI is InChI=1S/C36H43F2N5O3/c1-5-23-46-34(45)36(37,38)29-11-13-30(14-12-29)43(24-28-9-7-6-8-10-28)31-15-19-42(20-16-31)35(4)17-21-41(22-18-35)33(44)32-26(2)39-25-40-27(32)3/h5-14,25,31H,1,15-24H2,2-4H3. The van der Waals surface area contributed by atoms with Crippen molar-refractivity contribution in [2.45, 2.75) is 70.5 Å². The number of alkyl halides is 2. The highest BCUT2D eigenvalue weighted by molar-refractivity contribution is 5.96. The summed E-state index contributed by atoms with van der Waals surface area (Å²) in [6.07, 6.45) is 6.35. The third-order valence-corrected chi connectivity index (χ3v) is 9.58. The van der Waals surface area contributed by atoms with Crippen LogP contribution in [-0.4, -0.2) is 76.0 Å². The van der Waals surface area contributed by atoms with Crippen molar-refractivity contribution < 1.29 is 23.1 Å². The lowest BCUT2D eigenvalue weighted by Gasteiger charge is -2.50. The van der Waals surface area contributed by atoms with Crippen molar-refractivity contribution in [3.05, 3.63) is 102 Å². The van der Waals surface area contributed by atoms with E-state index in [0.29, 0.717) is 36.6 Å². The Hall–Kier alpha value is -4.18. The maximum atomic E-state index is 14.8. The topological polar surface area (TPSA) is 78.9 Å². The van der Waals surface area contributed by atoms with E-state index in [4.69, 9.17) is 0 Å². The third kappa shape index (κ3) is 7.12. The molecule has 3 heterocycles. The normalized spacial score (nSPS) is 17.4. The number of aryl methyl sites for hydroxylation is 2. The van der Waals surface area contributed by atoms with Gasteiger partial charge in [0, 0.05) is 55.6 Å². The number of hydrogen-bond donors (Lipinski definition) is 0. The molecule has 1 amide bonds. The van der Waals surface area contributed by atoms with Gasteiger partial charge in [-0.2, -0.15) is 8.78 Å². The Balaban J connectivity index is 1.25. The molecule has 8 nitrogen and oxygen atoms in total. The van der Waals surface area contributed by atoms with Crippen LogP contribution >= 0.6 is 0 Å². The zero-order valence-corrected chi connectivity index (χ0v) is 26.9. The predicted molar refractivity (Wildman–Crippen MR) is 174 cm³/mol. The molecule has 46 heavy (non-hydrogen) atoms. The van der Waals surface area contributed by atoms with Gasteiger partial charge in [-0.3, -0.25) is 9.69 Å². The third-order valence-electron chi connectivity index (χ3n) is 9.58. The molecular formula is C36H43F2N5O3. The molecule has 3 aromatic rings. The van der Waals surface area contributed by atoms with E-state index in [2.05, 4.69) is 50.1 Å². The molecular weight excluding hydrogens is 588 g/mol. The molecule has 0 saturated carbocycles. The number of carbonyl (C=O) groups excluding carboxylic acids is 2. The first kappa shape index (κ1) is 33.2. The van der Waals surface area contributed by atoms with Gasteiger partial charge in [-0.1, -0.05) is 55.1 Å². The van der Waals surface area contributed by atoms with Crippen LogP contribution in [0.25, 0.3) is 0 Å². The number of ether oxygens (including phenoxy) is 1. The van der Waals surface area contributed by atoms with E-state index in [1.54, 1.807) is 12.1 Å². The van der Waals surface area contributed by atoms with Crippen LogP contribution in [0, 0.1) is 13.8 Å². The molecule has 0 radical (unpaired) electrons. The SMILES string of the molecule is C=CCOC(=O)C(F)(F)c1ccc(N(Cc2ccccc2)C2CCN(C3(C)CCN(C(=O)c4c(C)ncnc4C)CC3)CC2)cc1. The highest BCUT2D eigenvalue weighted by atomic mass is 19.3. The molecule has 2 aromatic carbocycles. The summed E-state index contributed by atoms with van der Waals surface area (Å²) >= 11 is 0. The lowest BCUT2D eigenvalue weighted by molar-refractivity contribution is -0.172. The summed E-state index contributed by atoms with van der Waals surface area (Å²) in [6, 6.07) is 16.3. The molecule has 0 bridgehead atoms. The van der Waals surface area contributed by atoms with E-state index in [9.17, 15) is 18.4 Å². The second-order valence-electron chi connectivity index (χ2n) is 12.5. The van der Waals surface area contributed by atoms with Gasteiger partial charge in [0.1, 0.15) is 12.9 Å². The molecule has 0 aliphatic carbocycles. The van der Waals surface area contributed by atoms with Crippen LogP contribution in [0.2, 0.25) is 0 Å². The predicted octanol–water partition coefficient (Wildman–Crippen LogP) is 6.08. The number of rotatable bonds is 10. The van der Waals surface area contributed by atoms with Gasteiger partial charge in [-0.15, -0.1) is 0 Å². The van der Waals surface area contributed by atoms with Gasteiger partial charge in [-0.05, 0) is 64.2 Å². The van der Waals surface area contributed by atoms with Crippen molar-refractivity contribution in [1.82, 2.24) is 19.8 Å². The summed E-state index contributed by atoms with van der Waals surface area (Å²) in [5.74, 6) is -5.33. The monoisotopic (exact) mass is 631 g/mol. The number of hydrogen-bond acceptors (Lipinski definition) is 7. The number of aromatic nitrogens is 2. The Morgan fingerprint density at radius 2 is 1.61 bits per heavy atom. The number of nitrogens with zero attached hydrogens (tertiary/aromatic N) is 5. The second-order valence-corrected chi connectivity index (χ2v) is 12.5. The highest BCUT2D eigenvalue weighted by Crippen LogP contribution is 2.36. The fourth-order valence-corrected chi connectivity index (χ4v) is 6.70. The quantitative estimate of drug-likeness (QED) is 0.198. The molecule has 2 aliphatic heterocycles. The molecule has 0 unspecified atom stereocenters. The number of anilines is 1. The zero-order chi connectivity index (χ0) is 32.9. The Morgan fingerprint density at radius 1 is 1.00 bits per heavy atom. The first-order valence-electron chi connectivity index (χ1n) is 15.9. The average Bonchev–Trinajstić information content (AvgIpc) is 3.07. The number of esters is 1. The van der Waals surface area contributed by atoms with Gasteiger partial charge < -0.3 is 14.5 Å². The molecule has 0 atom stereocenters. The summed E-state index contributed by atoms with van der Waals surface area (Å²) in [6.45, 7) is 12.9. The number of benzene rings is 2. The summed E-state index contributed by atoms with van der Waals surface area (Å²) in [5, 5.41) is 0. The molecule has 1 aromatic heterocycles. The fourth-order valence-electron chi connectivity index (χ4n) is 6.70. The van der Waals surface area contributed by atoms with E-state index >= 15 is 0 Å². The number of likely N-dealkylation sites (tertiary alicyclic amines) is 2. The molecule has 244 valence electrons. The van der Waals surface area contributed by atoms with Crippen molar-refractivity contribution >= 4 is 17.6 Å². The van der Waals surface area contributed by atoms with Gasteiger partial charge in [0.05, 0.1) is 17.0 Å². The van der Waals surface area contributed by atoms with Gasteiger partial charge in [0.25, 0.3) is 5.91 Å². The lowest BCUT2D eigenvalue weighted by Crippen LogP contribution is -2.58. The minimum atomic E-state index is -3.75. The molecule has 0 spiro atoms. The summed E-state index contributed by atoms with van der Waals surface area (Å²) < 4.78 is 34.2. The van der Waals surface area contributed by atoms with Crippen LogP contribution in [0.1, 0.15) is 65.5 Å². The molecule has 2 aliphatic rings. The van der Waals surface area contributed by atoms with Gasteiger partial charge in [0.15, 0.2) is 0 Å². The van der Waals surface area contributed by atoms with Crippen LogP contribution in [0.15, 0.2) is 73.6 Å². The van der Waals surface area contributed by atoms with Crippen LogP contribution in [0.3, 0.4) is 0 Å². The fraction of sp³-hybridized carbons (Fsp3) is 0.444. The van der Waals surface area contributed by atoms with E-state index in [1.807, 2.05) is 36.9 Å². The summed E-state index contributed by atoms with van der Waals surface area (Å²) in [4.78, 5) is 40.6. The second kappa shape index (κ2) is 14.1. The van der Waals surface area contributed by atoms with Crippen molar-refractivity contribution in [2.75, 3.05) is 37.7 Å². The van der Waals surface area contributed by atoms with Crippen LogP contribution < -0.4 is 4.90 Å². The number of carbonyl (C=O) groups is 2. The minimum absolute atomic E-state index is 0.00495. The number of piperidine rings is 2. The maximum absolute atomic E-state index is 14.8. The van der Waals surface area contributed by atoms with Gasteiger partial charge >= 0.3 is 11.9 Å². The first-order chi connectivity index (χ1) is 22.0. The molecule has 10 heteroatoms. The van der Waals surface area contributed by atoms with Gasteiger partial charge in [-0.25, -0.2) is 14.8 Å². The molecule has 0 N–H and O–H groups in total. The van der Waals surface area contributed by atoms with Crippen LogP contribution in [-0.2, 0) is 22.0 Å². The highest BCUT2D eigenvalue weighted by Gasteiger charge is 2.43. The van der Waals surface area contributed by atoms with E-state index in [-0.39, 0.29) is 24.1 Å². The van der Waals surface area contributed by atoms with E-state index in [1.165, 1.54) is 24.5 Å². The van der Waals surface area contributed by atoms with Crippen molar-refractivity contribution in [2.24, 2.45) is 0 Å². The largest absolute Gasteiger partial charge is 0.457 e. The van der Waals surface area contributed by atoms with Gasteiger partial charge in [0.2, 0.25) is 0 Å². The van der Waals surface area contributed by atoms with E-state index in [0.717, 1.165) is 50.0 Å². The van der Waals surface area contributed by atoms with Crippen molar-refractivity contribution in [3.63, 3.8) is 0 Å². The van der Waals surface area contributed by atoms with Crippen LogP contribution in [0.4, 0.5) is 14.5 Å². The van der Waals surface area contributed by atoms with E-state index < -0.39 is 17.5 Å². The molecule has 2 saturated heterocycles. The molecule has 2 fully saturated rings. The summed E-state index contributed by atoms with van der Waals surface area (Å²) in [5.41, 5.74) is 3.57. The Morgan fingerprint density at radius 3 is 2.20 bits per heavy atom. The first-order valence-corrected chi connectivity index (χ1v) is 15.9. The summed E-state index contributed by atoms with van der Waals surface area (Å²) in [7, 11) is 0. The zero-order valence-electron chi connectivity index (χ0n) is 26.9. The van der Waals surface area contributed by atoms with Crippen molar-refractivity contribution in [3.8, 4) is 0 Å². The Bertz CT molecular complexity index is 1500. The van der Waals surface area contributed by atoms with Crippen molar-refractivity contribution in [1.29, 1.82) is 0 Å². The Labute approximate surface area is 270 Å². The Kier molecular flexibility index (Phi) is 10.2. The average molecular weight is 632 g/mol. The van der Waals surface area contributed by atoms with Crippen LogP contribution in [0.5, 0.6) is 0 Å². The molecule has 5 rings (SSSR count). The number of halogens is 2. The smallest absolute Gasteiger partial charge is 0.382 e. The minimum Gasteiger partial charge on any atom is -0.457 e. The maximum Gasteiger partial charge on any atom is 0.382 e. The number of amides is 1. The lowest BCUT2D eigenvalue weighted by atomic mass is 9.85.